The fourth-order valence-electron chi connectivity index (χ4n) is 5.36. The van der Waals surface area contributed by atoms with Crippen molar-refractivity contribution in [3.8, 4) is 11.8 Å². The number of aryl methyl sites for hydroxylation is 1. The van der Waals surface area contributed by atoms with Gasteiger partial charge in [0.2, 0.25) is 0 Å². The molecule has 1 amide bonds. The highest BCUT2D eigenvalue weighted by Gasteiger charge is 2.34. The first-order valence-corrected chi connectivity index (χ1v) is 14.4. The van der Waals surface area contributed by atoms with Crippen LogP contribution in [0.3, 0.4) is 0 Å². The molecule has 3 aromatic rings. The van der Waals surface area contributed by atoms with Gasteiger partial charge in [-0.1, -0.05) is 24.0 Å². The number of alkyl halides is 3. The summed E-state index contributed by atoms with van der Waals surface area (Å²) in [5.41, 5.74) is 3.30. The van der Waals surface area contributed by atoms with Crippen molar-refractivity contribution >= 4 is 17.3 Å². The lowest BCUT2D eigenvalue weighted by atomic mass is 10.0. The van der Waals surface area contributed by atoms with Crippen LogP contribution in [-0.4, -0.2) is 67.0 Å². The highest BCUT2D eigenvalue weighted by Crippen LogP contribution is 2.35. The third kappa shape index (κ3) is 7.50. The van der Waals surface area contributed by atoms with Gasteiger partial charge >= 0.3 is 6.18 Å². The number of hydrogen-bond donors (Lipinski definition) is 1. The van der Waals surface area contributed by atoms with Crippen LogP contribution in [0.2, 0.25) is 0 Å². The van der Waals surface area contributed by atoms with E-state index >= 15 is 0 Å². The number of hydrogen-bond acceptors (Lipinski definition) is 5. The van der Waals surface area contributed by atoms with Crippen LogP contribution in [0.25, 0.3) is 0 Å². The van der Waals surface area contributed by atoms with E-state index in [1.54, 1.807) is 24.4 Å². The molecular weight excluding hydrogens is 539 g/mol. The number of likely N-dealkylation sites (N-methyl/N-ethyl adjacent to an activating group) is 1. The Hall–Kier alpha value is -3.87. The molecule has 1 N–H and O–H groups in total. The summed E-state index contributed by atoms with van der Waals surface area (Å²) in [6.45, 7) is 7.21. The molecule has 6 nitrogen and oxygen atoms in total. The number of pyridine rings is 1. The summed E-state index contributed by atoms with van der Waals surface area (Å²) in [5, 5.41) is 2.65. The number of aromatic nitrogens is 1. The van der Waals surface area contributed by atoms with Gasteiger partial charge in [0.1, 0.15) is 0 Å². The second kappa shape index (κ2) is 13.0. The van der Waals surface area contributed by atoms with Crippen molar-refractivity contribution < 1.29 is 18.0 Å². The number of anilines is 2. The van der Waals surface area contributed by atoms with E-state index in [9.17, 15) is 18.0 Å². The predicted molar refractivity (Wildman–Crippen MR) is 160 cm³/mol. The molecule has 42 heavy (non-hydrogen) atoms. The van der Waals surface area contributed by atoms with E-state index in [4.69, 9.17) is 0 Å². The Balaban J connectivity index is 1.31. The molecule has 2 aliphatic rings. The van der Waals surface area contributed by atoms with Crippen molar-refractivity contribution in [3.63, 3.8) is 0 Å². The van der Waals surface area contributed by atoms with Crippen LogP contribution in [0, 0.1) is 18.8 Å². The lowest BCUT2D eigenvalue weighted by Gasteiger charge is -2.33. The fraction of sp³-hybridized carbons (Fsp3) is 0.394. The van der Waals surface area contributed by atoms with Gasteiger partial charge in [-0.25, -0.2) is 0 Å². The molecule has 0 unspecified atom stereocenters. The average molecular weight is 576 g/mol. The Morgan fingerprint density at radius 2 is 1.69 bits per heavy atom. The lowest BCUT2D eigenvalue weighted by molar-refractivity contribution is -0.138. The molecule has 1 aromatic heterocycles. The lowest BCUT2D eigenvalue weighted by Crippen LogP contribution is -2.44. The van der Waals surface area contributed by atoms with Crippen molar-refractivity contribution in [1.29, 1.82) is 0 Å². The summed E-state index contributed by atoms with van der Waals surface area (Å²) >= 11 is 0. The maximum absolute atomic E-state index is 14.0. The maximum Gasteiger partial charge on any atom is 0.416 e. The van der Waals surface area contributed by atoms with Crippen LogP contribution in [0.5, 0.6) is 0 Å². The van der Waals surface area contributed by atoms with Crippen LogP contribution in [0.4, 0.5) is 24.5 Å². The Morgan fingerprint density at radius 3 is 2.43 bits per heavy atom. The smallest absolute Gasteiger partial charge is 0.370 e. The first-order valence-electron chi connectivity index (χ1n) is 14.4. The molecule has 0 atom stereocenters. The van der Waals surface area contributed by atoms with Gasteiger partial charge in [-0.2, -0.15) is 13.2 Å². The third-order valence-corrected chi connectivity index (χ3v) is 7.95. The molecular formula is C33H36F3N5O. The number of amides is 1. The van der Waals surface area contributed by atoms with Gasteiger partial charge in [-0.3, -0.25) is 14.7 Å². The van der Waals surface area contributed by atoms with Gasteiger partial charge in [0.25, 0.3) is 5.91 Å². The summed E-state index contributed by atoms with van der Waals surface area (Å²) in [7, 11) is 2.01. The quantitative estimate of drug-likeness (QED) is 0.390. The number of benzene rings is 2. The molecule has 0 saturated carbocycles. The van der Waals surface area contributed by atoms with Gasteiger partial charge < -0.3 is 15.1 Å². The standard InChI is InChI=1S/C33H36F3N5O/c1-24-6-8-27(19-26(24)9-7-25-18-30(22-37-21-25)41-12-4-3-5-13-41)32(42)38-29-11-10-28(31(20-29)33(34,35)36)23-40-16-14-39(2)15-17-40/h6,8,10-11,18-22H,3-5,12-17,23H2,1-2H3,(H,38,42). The second-order valence-electron chi connectivity index (χ2n) is 11.2. The average Bonchev–Trinajstić information content (AvgIpc) is 2.98. The predicted octanol–water partition coefficient (Wildman–Crippen LogP) is 5.80. The number of nitrogens with one attached hydrogen (secondary N) is 1. The zero-order valence-corrected chi connectivity index (χ0v) is 24.1. The van der Waals surface area contributed by atoms with Gasteiger partial charge in [-0.15, -0.1) is 0 Å². The van der Waals surface area contributed by atoms with Crippen molar-refractivity contribution in [3.05, 3.63) is 88.2 Å². The van der Waals surface area contributed by atoms with Crippen LogP contribution in [0.15, 0.2) is 54.9 Å². The summed E-state index contributed by atoms with van der Waals surface area (Å²) in [6.07, 6.45) is 2.63. The minimum Gasteiger partial charge on any atom is -0.370 e. The van der Waals surface area contributed by atoms with Crippen molar-refractivity contribution in [2.45, 2.75) is 38.9 Å². The maximum atomic E-state index is 14.0. The molecule has 9 heteroatoms. The number of halogens is 3. The molecule has 3 heterocycles. The molecule has 5 rings (SSSR count). The normalized spacial score (nSPS) is 16.5. The van der Waals surface area contributed by atoms with Gasteiger partial charge in [-0.05, 0) is 74.7 Å². The van der Waals surface area contributed by atoms with E-state index in [0.717, 1.165) is 49.1 Å². The van der Waals surface area contributed by atoms with Crippen LogP contribution < -0.4 is 10.2 Å². The van der Waals surface area contributed by atoms with Gasteiger partial charge in [0, 0.05) is 74.4 Å². The number of rotatable bonds is 5. The molecule has 0 aliphatic carbocycles. The largest absolute Gasteiger partial charge is 0.416 e. The fourth-order valence-corrected chi connectivity index (χ4v) is 5.36. The Bertz CT molecular complexity index is 1480. The third-order valence-electron chi connectivity index (χ3n) is 7.95. The number of piperidine rings is 1. The monoisotopic (exact) mass is 575 g/mol. The van der Waals surface area contributed by atoms with E-state index in [1.807, 2.05) is 31.1 Å². The Morgan fingerprint density at radius 1 is 0.929 bits per heavy atom. The first-order chi connectivity index (χ1) is 20.2. The number of carbonyl (C=O) groups is 1. The summed E-state index contributed by atoms with van der Waals surface area (Å²) < 4.78 is 42.0. The molecule has 2 fully saturated rings. The number of piperazine rings is 1. The van der Waals surface area contributed by atoms with Gasteiger partial charge in [0.05, 0.1) is 17.4 Å². The second-order valence-corrected chi connectivity index (χ2v) is 11.2. The highest BCUT2D eigenvalue weighted by molar-refractivity contribution is 6.04. The SMILES string of the molecule is Cc1ccc(C(=O)Nc2ccc(CN3CCN(C)CC3)c(C(F)(F)F)c2)cc1C#Cc1cncc(N2CCCCC2)c1. The molecule has 220 valence electrons. The summed E-state index contributed by atoms with van der Waals surface area (Å²) in [6, 6.07) is 11.2. The molecule has 0 spiro atoms. The van der Waals surface area contributed by atoms with Crippen molar-refractivity contribution in [2.24, 2.45) is 0 Å². The van der Waals surface area contributed by atoms with E-state index in [-0.39, 0.29) is 17.8 Å². The minimum atomic E-state index is -4.53. The molecule has 0 radical (unpaired) electrons. The first kappa shape index (κ1) is 29.6. The van der Waals surface area contributed by atoms with Crippen molar-refractivity contribution in [1.82, 2.24) is 14.8 Å². The molecule has 2 aromatic carbocycles. The summed E-state index contributed by atoms with van der Waals surface area (Å²) in [4.78, 5) is 24.0. The summed E-state index contributed by atoms with van der Waals surface area (Å²) in [5.74, 6) is 5.82. The van der Waals surface area contributed by atoms with Gasteiger partial charge in [0.15, 0.2) is 0 Å². The number of nitrogens with zero attached hydrogens (tertiary/aromatic N) is 4. The Kier molecular flexibility index (Phi) is 9.15. The Labute approximate surface area is 245 Å². The zero-order valence-electron chi connectivity index (χ0n) is 24.1. The van der Waals surface area contributed by atoms with E-state index in [1.165, 1.54) is 31.4 Å². The molecule has 0 bridgehead atoms. The number of carbonyl (C=O) groups excluding carboxylic acids is 1. The van der Waals surface area contributed by atoms with Crippen LogP contribution >= 0.6 is 0 Å². The van der Waals surface area contributed by atoms with E-state index in [0.29, 0.717) is 24.2 Å². The van der Waals surface area contributed by atoms with E-state index in [2.05, 4.69) is 31.9 Å². The minimum absolute atomic E-state index is 0.100. The zero-order chi connectivity index (χ0) is 29.7. The van der Waals surface area contributed by atoms with Crippen LogP contribution in [0.1, 0.15) is 57.4 Å². The molecule has 2 aliphatic heterocycles. The van der Waals surface area contributed by atoms with Crippen molar-refractivity contribution in [2.75, 3.05) is 56.5 Å². The van der Waals surface area contributed by atoms with E-state index < -0.39 is 17.6 Å². The molecule has 2 saturated heterocycles. The topological polar surface area (TPSA) is 51.7 Å². The highest BCUT2D eigenvalue weighted by atomic mass is 19.4. The van der Waals surface area contributed by atoms with Crippen LogP contribution in [-0.2, 0) is 12.7 Å².